The number of alkyl halides is 1. The molecule has 0 radical (unpaired) electrons. The minimum atomic E-state index is -1.88. The number of hydrogen-bond donors (Lipinski definition) is 0. The predicted molar refractivity (Wildman–Crippen MR) is 93.4 cm³/mol. The van der Waals surface area contributed by atoms with Crippen LogP contribution >= 0.6 is 0 Å². The van der Waals surface area contributed by atoms with Crippen molar-refractivity contribution in [1.82, 2.24) is 29.8 Å². The quantitative estimate of drug-likeness (QED) is 0.701. The number of piperidine rings is 1. The molecule has 3 aromatic heterocycles. The van der Waals surface area contributed by atoms with Gasteiger partial charge in [0.05, 0.1) is 6.54 Å². The number of aromatic nitrogens is 5. The van der Waals surface area contributed by atoms with Crippen molar-refractivity contribution in [2.24, 2.45) is 0 Å². The minimum Gasteiger partial charge on any atom is -0.335 e. The molecule has 0 N–H and O–H groups in total. The van der Waals surface area contributed by atoms with Gasteiger partial charge in [-0.05, 0) is 38.0 Å². The van der Waals surface area contributed by atoms with E-state index in [9.17, 15) is 4.79 Å². The number of carbonyl (C=O) groups excluding carboxylic acids is 1. The average Bonchev–Trinajstić information content (AvgIpc) is 3.38. The third kappa shape index (κ3) is 3.20. The molecule has 140 valence electrons. The van der Waals surface area contributed by atoms with Crippen LogP contribution in [0.25, 0.3) is 11.4 Å². The van der Waals surface area contributed by atoms with Gasteiger partial charge in [0.25, 0.3) is 11.8 Å². The van der Waals surface area contributed by atoms with Gasteiger partial charge in [-0.3, -0.25) is 14.5 Å². The first-order valence-electron chi connectivity index (χ1n) is 8.85. The van der Waals surface area contributed by atoms with Gasteiger partial charge >= 0.3 is 0 Å². The highest BCUT2D eigenvalue weighted by Crippen LogP contribution is 2.36. The van der Waals surface area contributed by atoms with Gasteiger partial charge in [0.15, 0.2) is 0 Å². The van der Waals surface area contributed by atoms with Crippen molar-refractivity contribution in [3.05, 3.63) is 48.4 Å². The SMILES string of the molecule is CCn1nccc1C(=O)N1CCCC(F)(c2nc(-c3cccnc3)no2)C1. The Kier molecular flexibility index (Phi) is 4.43. The van der Waals surface area contributed by atoms with E-state index in [0.717, 1.165) is 0 Å². The molecule has 1 aliphatic rings. The molecule has 0 bridgehead atoms. The van der Waals surface area contributed by atoms with Crippen molar-refractivity contribution in [2.45, 2.75) is 32.0 Å². The van der Waals surface area contributed by atoms with Crippen molar-refractivity contribution in [3.63, 3.8) is 0 Å². The second-order valence-electron chi connectivity index (χ2n) is 6.49. The standard InChI is InChI=1S/C18H19FN6O2/c1-2-25-14(6-9-21-25)16(26)24-10-4-7-18(19,12-24)17-22-15(23-27-17)13-5-3-8-20-11-13/h3,5-6,8-9,11H,2,4,7,10,12H2,1H3. The van der Waals surface area contributed by atoms with E-state index < -0.39 is 5.67 Å². The molecule has 1 fully saturated rings. The van der Waals surface area contributed by atoms with E-state index >= 15 is 4.39 Å². The molecule has 1 atom stereocenters. The molecule has 1 unspecified atom stereocenters. The highest BCUT2D eigenvalue weighted by molar-refractivity contribution is 5.92. The fraction of sp³-hybridized carbons (Fsp3) is 0.389. The summed E-state index contributed by atoms with van der Waals surface area (Å²) in [6.07, 6.45) is 5.52. The second-order valence-corrected chi connectivity index (χ2v) is 6.49. The van der Waals surface area contributed by atoms with Gasteiger partial charge < -0.3 is 9.42 Å². The number of amides is 1. The molecule has 1 saturated heterocycles. The van der Waals surface area contributed by atoms with Crippen LogP contribution in [-0.2, 0) is 12.2 Å². The Morgan fingerprint density at radius 2 is 2.26 bits per heavy atom. The summed E-state index contributed by atoms with van der Waals surface area (Å²) in [7, 11) is 0. The highest BCUT2D eigenvalue weighted by Gasteiger charge is 2.44. The summed E-state index contributed by atoms with van der Waals surface area (Å²) in [4.78, 5) is 22.5. The number of likely N-dealkylation sites (tertiary alicyclic amines) is 1. The van der Waals surface area contributed by atoms with Crippen LogP contribution in [0.3, 0.4) is 0 Å². The van der Waals surface area contributed by atoms with Gasteiger partial charge in [0.1, 0.15) is 5.69 Å². The lowest BCUT2D eigenvalue weighted by atomic mass is 9.94. The summed E-state index contributed by atoms with van der Waals surface area (Å²) in [5.41, 5.74) is -0.784. The van der Waals surface area contributed by atoms with Crippen LogP contribution in [-0.4, -0.2) is 48.8 Å². The third-order valence-corrected chi connectivity index (χ3v) is 4.69. The van der Waals surface area contributed by atoms with Gasteiger partial charge in [0.2, 0.25) is 11.5 Å². The number of carbonyl (C=O) groups is 1. The van der Waals surface area contributed by atoms with E-state index in [1.54, 1.807) is 41.5 Å². The number of halogens is 1. The predicted octanol–water partition coefficient (Wildman–Crippen LogP) is 2.45. The summed E-state index contributed by atoms with van der Waals surface area (Å²) in [6.45, 7) is 2.82. The minimum absolute atomic E-state index is 0.108. The van der Waals surface area contributed by atoms with E-state index in [0.29, 0.717) is 30.8 Å². The topological polar surface area (TPSA) is 89.9 Å². The maximum absolute atomic E-state index is 15.6. The van der Waals surface area contributed by atoms with Gasteiger partial charge in [0, 0.05) is 37.2 Å². The molecule has 1 aliphatic heterocycles. The van der Waals surface area contributed by atoms with Crippen LogP contribution in [0.1, 0.15) is 36.1 Å². The molecule has 9 heteroatoms. The van der Waals surface area contributed by atoms with Gasteiger partial charge in [-0.2, -0.15) is 10.1 Å². The van der Waals surface area contributed by atoms with Gasteiger partial charge in [-0.1, -0.05) is 5.16 Å². The zero-order valence-electron chi connectivity index (χ0n) is 14.9. The molecule has 8 nitrogen and oxygen atoms in total. The van der Waals surface area contributed by atoms with Crippen molar-refractivity contribution >= 4 is 5.91 Å². The smallest absolute Gasteiger partial charge is 0.272 e. The fourth-order valence-electron chi connectivity index (χ4n) is 3.30. The lowest BCUT2D eigenvalue weighted by molar-refractivity contribution is 0.0146. The first kappa shape index (κ1) is 17.3. The maximum atomic E-state index is 15.6. The Morgan fingerprint density at radius 3 is 3.04 bits per heavy atom. The molecular weight excluding hydrogens is 351 g/mol. The Hall–Kier alpha value is -3.10. The summed E-state index contributed by atoms with van der Waals surface area (Å²) in [5, 5.41) is 7.98. The molecule has 0 saturated carbocycles. The average molecular weight is 370 g/mol. The van der Waals surface area contributed by atoms with Crippen LogP contribution in [0.5, 0.6) is 0 Å². The number of hydrogen-bond acceptors (Lipinski definition) is 6. The molecule has 0 spiro atoms. The second kappa shape index (κ2) is 6.90. The number of rotatable bonds is 4. The summed E-state index contributed by atoms with van der Waals surface area (Å²) >= 11 is 0. The maximum Gasteiger partial charge on any atom is 0.272 e. The van der Waals surface area contributed by atoms with Crippen molar-refractivity contribution < 1.29 is 13.7 Å². The molecule has 1 amide bonds. The Labute approximate surface area is 155 Å². The van der Waals surface area contributed by atoms with Crippen molar-refractivity contribution in [3.8, 4) is 11.4 Å². The van der Waals surface area contributed by atoms with Crippen LogP contribution in [0.4, 0.5) is 4.39 Å². The van der Waals surface area contributed by atoms with Crippen molar-refractivity contribution in [2.75, 3.05) is 13.1 Å². The zero-order valence-corrected chi connectivity index (χ0v) is 14.9. The van der Waals surface area contributed by atoms with E-state index in [4.69, 9.17) is 4.52 Å². The fourth-order valence-corrected chi connectivity index (χ4v) is 3.30. The number of pyridine rings is 1. The summed E-state index contributed by atoms with van der Waals surface area (Å²) in [6, 6.07) is 5.16. The van der Waals surface area contributed by atoms with E-state index in [2.05, 4.69) is 20.2 Å². The lowest BCUT2D eigenvalue weighted by Crippen LogP contribution is -2.47. The highest BCUT2D eigenvalue weighted by atomic mass is 19.1. The molecule has 27 heavy (non-hydrogen) atoms. The first-order valence-corrected chi connectivity index (χ1v) is 8.85. The largest absolute Gasteiger partial charge is 0.335 e. The first-order chi connectivity index (χ1) is 13.1. The van der Waals surface area contributed by atoms with Gasteiger partial charge in [-0.25, -0.2) is 4.39 Å². The monoisotopic (exact) mass is 370 g/mol. The van der Waals surface area contributed by atoms with E-state index in [1.807, 2.05) is 6.92 Å². The van der Waals surface area contributed by atoms with Crippen molar-refractivity contribution in [1.29, 1.82) is 0 Å². The third-order valence-electron chi connectivity index (χ3n) is 4.69. The van der Waals surface area contributed by atoms with E-state index in [-0.39, 0.29) is 30.6 Å². The Balaban J connectivity index is 1.57. The molecule has 4 heterocycles. The van der Waals surface area contributed by atoms with Crippen LogP contribution in [0.2, 0.25) is 0 Å². The molecule has 3 aromatic rings. The molecule has 0 aliphatic carbocycles. The summed E-state index contributed by atoms with van der Waals surface area (Å²) < 4.78 is 22.4. The number of aryl methyl sites for hydroxylation is 1. The Bertz CT molecular complexity index is 940. The van der Waals surface area contributed by atoms with Crippen LogP contribution < -0.4 is 0 Å². The summed E-state index contributed by atoms with van der Waals surface area (Å²) in [5.74, 6) is -0.0754. The van der Waals surface area contributed by atoms with Crippen LogP contribution in [0, 0.1) is 0 Å². The molecule has 4 rings (SSSR count). The normalized spacial score (nSPS) is 20.0. The molecule has 0 aromatic carbocycles. The van der Waals surface area contributed by atoms with Crippen LogP contribution in [0.15, 0.2) is 41.3 Å². The van der Waals surface area contributed by atoms with Gasteiger partial charge in [-0.15, -0.1) is 0 Å². The zero-order chi connectivity index (χ0) is 18.9. The number of nitrogens with zero attached hydrogens (tertiary/aromatic N) is 6. The molecular formula is C18H19FN6O2. The Morgan fingerprint density at radius 1 is 1.37 bits per heavy atom. The van der Waals surface area contributed by atoms with E-state index in [1.165, 1.54) is 4.90 Å². The lowest BCUT2D eigenvalue weighted by Gasteiger charge is -2.35.